The molecule has 3 rings (SSSR count). The first kappa shape index (κ1) is 12.9. The molecule has 3 aliphatic rings. The van der Waals surface area contributed by atoms with Crippen LogP contribution in [0.5, 0.6) is 0 Å². The number of rotatable bonds is 0. The van der Waals surface area contributed by atoms with Crippen LogP contribution >= 0.6 is 0 Å². The van der Waals surface area contributed by atoms with Crippen molar-refractivity contribution in [3.8, 4) is 0 Å². The molecule has 0 N–H and O–H groups in total. The SMILES string of the molecule is CN1CCN(C)C2C3CCCCC3C2N(C)CC1. The molecule has 0 aromatic rings. The lowest BCUT2D eigenvalue weighted by molar-refractivity contribution is -0.0932. The first-order valence-corrected chi connectivity index (χ1v) is 7.77. The largest absolute Gasteiger partial charge is 0.304 e. The topological polar surface area (TPSA) is 9.72 Å². The number of hydrogen-bond acceptors (Lipinski definition) is 3. The highest BCUT2D eigenvalue weighted by atomic mass is 15.3. The molecule has 4 atom stereocenters. The quantitative estimate of drug-likeness (QED) is 0.643. The van der Waals surface area contributed by atoms with Crippen LogP contribution in [0.25, 0.3) is 0 Å². The van der Waals surface area contributed by atoms with E-state index in [0.717, 1.165) is 23.9 Å². The third-order valence-electron chi connectivity index (χ3n) is 5.79. The van der Waals surface area contributed by atoms with Gasteiger partial charge in [0.15, 0.2) is 0 Å². The van der Waals surface area contributed by atoms with Crippen LogP contribution in [0.1, 0.15) is 25.7 Å². The van der Waals surface area contributed by atoms with Crippen molar-refractivity contribution in [2.24, 2.45) is 11.8 Å². The summed E-state index contributed by atoms with van der Waals surface area (Å²) in [4.78, 5) is 7.81. The van der Waals surface area contributed by atoms with Gasteiger partial charge in [-0.3, -0.25) is 0 Å². The van der Waals surface area contributed by atoms with E-state index in [1.54, 1.807) is 0 Å². The van der Waals surface area contributed by atoms with Gasteiger partial charge in [-0.1, -0.05) is 12.8 Å². The summed E-state index contributed by atoms with van der Waals surface area (Å²) in [5, 5.41) is 0. The van der Waals surface area contributed by atoms with E-state index in [4.69, 9.17) is 0 Å². The van der Waals surface area contributed by atoms with E-state index in [9.17, 15) is 0 Å². The fourth-order valence-corrected chi connectivity index (χ4v) is 4.64. The molecular formula is C15H29N3. The fraction of sp³-hybridized carbons (Fsp3) is 1.00. The Kier molecular flexibility index (Phi) is 3.65. The highest BCUT2D eigenvalue weighted by Crippen LogP contribution is 2.49. The van der Waals surface area contributed by atoms with Crippen molar-refractivity contribution in [2.45, 2.75) is 37.8 Å². The second-order valence-electron chi connectivity index (χ2n) is 6.86. The lowest BCUT2D eigenvalue weighted by Crippen LogP contribution is -2.68. The minimum absolute atomic E-state index is 0.840. The Morgan fingerprint density at radius 1 is 0.667 bits per heavy atom. The van der Waals surface area contributed by atoms with Gasteiger partial charge >= 0.3 is 0 Å². The molecule has 1 saturated heterocycles. The van der Waals surface area contributed by atoms with E-state index in [2.05, 4.69) is 35.8 Å². The number of nitrogens with zero attached hydrogens (tertiary/aromatic N) is 3. The first-order chi connectivity index (χ1) is 8.68. The van der Waals surface area contributed by atoms with Gasteiger partial charge in [0.1, 0.15) is 0 Å². The van der Waals surface area contributed by atoms with E-state index >= 15 is 0 Å². The average Bonchev–Trinajstić information content (AvgIpc) is 2.38. The summed E-state index contributed by atoms with van der Waals surface area (Å²) in [5.74, 6) is 2.00. The predicted molar refractivity (Wildman–Crippen MR) is 75.8 cm³/mol. The number of likely N-dealkylation sites (N-methyl/N-ethyl adjacent to an activating group) is 3. The van der Waals surface area contributed by atoms with Crippen LogP contribution < -0.4 is 0 Å². The second kappa shape index (κ2) is 5.10. The van der Waals surface area contributed by atoms with Crippen molar-refractivity contribution in [3.63, 3.8) is 0 Å². The van der Waals surface area contributed by atoms with Crippen molar-refractivity contribution in [1.82, 2.24) is 14.7 Å². The maximum Gasteiger partial charge on any atom is 0.0283 e. The molecular weight excluding hydrogens is 222 g/mol. The second-order valence-corrected chi connectivity index (χ2v) is 6.86. The molecule has 0 radical (unpaired) electrons. The molecule has 3 heteroatoms. The zero-order valence-electron chi connectivity index (χ0n) is 12.3. The van der Waals surface area contributed by atoms with Crippen LogP contribution in [0.4, 0.5) is 0 Å². The molecule has 0 bridgehead atoms. The Labute approximate surface area is 112 Å². The fourth-order valence-electron chi connectivity index (χ4n) is 4.64. The van der Waals surface area contributed by atoms with E-state index in [1.165, 1.54) is 51.9 Å². The van der Waals surface area contributed by atoms with E-state index in [0.29, 0.717) is 0 Å². The highest BCUT2D eigenvalue weighted by molar-refractivity contribution is 5.08. The molecule has 0 spiro atoms. The summed E-state index contributed by atoms with van der Waals surface area (Å²) in [6, 6.07) is 1.68. The van der Waals surface area contributed by atoms with Crippen molar-refractivity contribution in [2.75, 3.05) is 47.3 Å². The standard InChI is InChI=1S/C15H29N3/c1-16-8-10-17(2)14-12-6-4-5-7-13(12)15(14)18(3)11-9-16/h12-15H,4-11H2,1-3H3. The Bertz CT molecular complexity index is 265. The Hall–Kier alpha value is -0.120. The molecule has 1 heterocycles. The van der Waals surface area contributed by atoms with Gasteiger partial charge in [-0.25, -0.2) is 0 Å². The van der Waals surface area contributed by atoms with E-state index in [1.807, 2.05) is 0 Å². The minimum atomic E-state index is 0.840. The molecule has 0 aromatic heterocycles. The molecule has 4 unspecified atom stereocenters. The minimum Gasteiger partial charge on any atom is -0.304 e. The monoisotopic (exact) mass is 251 g/mol. The van der Waals surface area contributed by atoms with Crippen molar-refractivity contribution >= 4 is 0 Å². The molecule has 0 aromatic carbocycles. The van der Waals surface area contributed by atoms with Crippen LogP contribution in [0.3, 0.4) is 0 Å². The van der Waals surface area contributed by atoms with Gasteiger partial charge in [-0.15, -0.1) is 0 Å². The lowest BCUT2D eigenvalue weighted by atomic mass is 9.57. The molecule has 1 aliphatic heterocycles. The van der Waals surface area contributed by atoms with Gasteiger partial charge in [-0.05, 0) is 45.8 Å². The normalized spacial score (nSPS) is 44.2. The van der Waals surface area contributed by atoms with Gasteiger partial charge in [0, 0.05) is 38.3 Å². The van der Waals surface area contributed by atoms with Gasteiger partial charge in [-0.2, -0.15) is 0 Å². The number of hydrogen-bond donors (Lipinski definition) is 0. The average molecular weight is 251 g/mol. The predicted octanol–water partition coefficient (Wildman–Crippen LogP) is 1.35. The number of fused-ring (bicyclic) bond motifs is 4. The first-order valence-electron chi connectivity index (χ1n) is 7.77. The van der Waals surface area contributed by atoms with Gasteiger partial charge in [0.25, 0.3) is 0 Å². The lowest BCUT2D eigenvalue weighted by Gasteiger charge is -2.60. The summed E-state index contributed by atoms with van der Waals surface area (Å²) in [6.45, 7) is 4.94. The Morgan fingerprint density at radius 3 is 1.56 bits per heavy atom. The molecule has 18 heavy (non-hydrogen) atoms. The summed E-state index contributed by atoms with van der Waals surface area (Å²) in [5.41, 5.74) is 0. The van der Waals surface area contributed by atoms with Gasteiger partial charge in [0.05, 0.1) is 0 Å². The molecule has 2 aliphatic carbocycles. The molecule has 3 fully saturated rings. The summed E-state index contributed by atoms with van der Waals surface area (Å²) >= 11 is 0. The third kappa shape index (κ3) is 2.10. The van der Waals surface area contributed by atoms with Crippen molar-refractivity contribution in [3.05, 3.63) is 0 Å². The molecule has 0 amide bonds. The van der Waals surface area contributed by atoms with Crippen molar-refractivity contribution < 1.29 is 0 Å². The molecule has 3 nitrogen and oxygen atoms in total. The van der Waals surface area contributed by atoms with Crippen LogP contribution in [-0.4, -0.2) is 74.1 Å². The Balaban J connectivity index is 1.77. The summed E-state index contributed by atoms with van der Waals surface area (Å²) < 4.78 is 0. The Morgan fingerprint density at radius 2 is 1.11 bits per heavy atom. The molecule has 2 saturated carbocycles. The van der Waals surface area contributed by atoms with Crippen LogP contribution in [0.2, 0.25) is 0 Å². The van der Waals surface area contributed by atoms with Crippen LogP contribution in [-0.2, 0) is 0 Å². The van der Waals surface area contributed by atoms with Crippen molar-refractivity contribution in [1.29, 1.82) is 0 Å². The maximum atomic E-state index is 2.66. The smallest absolute Gasteiger partial charge is 0.0283 e. The van der Waals surface area contributed by atoms with E-state index < -0.39 is 0 Å². The van der Waals surface area contributed by atoms with Crippen LogP contribution in [0, 0.1) is 11.8 Å². The van der Waals surface area contributed by atoms with Crippen LogP contribution in [0.15, 0.2) is 0 Å². The maximum absolute atomic E-state index is 2.66. The third-order valence-corrected chi connectivity index (χ3v) is 5.79. The zero-order valence-corrected chi connectivity index (χ0v) is 12.3. The highest BCUT2D eigenvalue weighted by Gasteiger charge is 2.53. The van der Waals surface area contributed by atoms with E-state index in [-0.39, 0.29) is 0 Å². The summed E-state index contributed by atoms with van der Waals surface area (Å²) in [7, 11) is 6.98. The van der Waals surface area contributed by atoms with Gasteiger partial charge < -0.3 is 14.7 Å². The van der Waals surface area contributed by atoms with Gasteiger partial charge in [0.2, 0.25) is 0 Å². The molecule has 104 valence electrons. The zero-order chi connectivity index (χ0) is 12.7. The summed E-state index contributed by atoms with van der Waals surface area (Å²) in [6.07, 6.45) is 5.92.